The van der Waals surface area contributed by atoms with Crippen molar-refractivity contribution in [3.8, 4) is 5.75 Å². The molecule has 1 N–H and O–H groups in total. The van der Waals surface area contributed by atoms with Crippen molar-refractivity contribution in [1.29, 1.82) is 0 Å². The summed E-state index contributed by atoms with van der Waals surface area (Å²) >= 11 is 0. The first-order valence-corrected chi connectivity index (χ1v) is 14.7. The number of hydrogen-bond acceptors (Lipinski definition) is 7. The third kappa shape index (κ3) is 6.31. The van der Waals surface area contributed by atoms with Crippen molar-refractivity contribution in [2.75, 3.05) is 46.0 Å². The van der Waals surface area contributed by atoms with Gasteiger partial charge in [-0.05, 0) is 49.6 Å². The number of ether oxygens (including phenoxy) is 2. The second-order valence-corrected chi connectivity index (χ2v) is 10.8. The minimum atomic E-state index is -0.716. The number of nitrogens with zero attached hydrogens (tertiary/aromatic N) is 4. The van der Waals surface area contributed by atoms with Crippen LogP contribution in [0.15, 0.2) is 54.2 Å². The highest BCUT2D eigenvalue weighted by atomic mass is 16.5. The number of imidazole rings is 1. The van der Waals surface area contributed by atoms with Crippen molar-refractivity contribution in [2.45, 2.75) is 52.0 Å². The van der Waals surface area contributed by atoms with E-state index in [0.717, 1.165) is 43.8 Å². The van der Waals surface area contributed by atoms with E-state index in [1.165, 1.54) is 12.8 Å². The molecule has 0 aliphatic carbocycles. The monoisotopic (exact) mass is 560 g/mol. The number of ketones is 1. The summed E-state index contributed by atoms with van der Waals surface area (Å²) in [6.45, 7) is 8.94. The molecule has 0 saturated carbocycles. The van der Waals surface area contributed by atoms with E-state index < -0.39 is 17.7 Å². The lowest BCUT2D eigenvalue weighted by Crippen LogP contribution is -2.38. The van der Waals surface area contributed by atoms with E-state index >= 15 is 0 Å². The number of carbonyl (C=O) groups is 2. The maximum atomic E-state index is 13.6. The molecule has 1 atom stereocenters. The zero-order chi connectivity index (χ0) is 28.8. The molecule has 5 rings (SSSR count). The van der Waals surface area contributed by atoms with E-state index in [2.05, 4.69) is 16.8 Å². The van der Waals surface area contributed by atoms with Gasteiger partial charge in [-0.3, -0.25) is 18.9 Å². The van der Waals surface area contributed by atoms with Gasteiger partial charge < -0.3 is 19.5 Å². The number of rotatable bonds is 12. The number of aliphatic hydroxyl groups is 1. The van der Waals surface area contributed by atoms with Crippen molar-refractivity contribution in [3.63, 3.8) is 0 Å². The average molecular weight is 561 g/mol. The average Bonchev–Trinajstić information content (AvgIpc) is 3.46. The molecule has 1 aromatic carbocycles. The number of aromatic nitrogens is 2. The lowest BCUT2D eigenvalue weighted by atomic mass is 9.96. The van der Waals surface area contributed by atoms with Gasteiger partial charge in [-0.2, -0.15) is 0 Å². The zero-order valence-electron chi connectivity index (χ0n) is 24.1. The molecule has 218 valence electrons. The van der Waals surface area contributed by atoms with Crippen LogP contribution in [0.5, 0.6) is 5.75 Å². The summed E-state index contributed by atoms with van der Waals surface area (Å²) in [5.74, 6) is -0.745. The van der Waals surface area contributed by atoms with Gasteiger partial charge in [0.25, 0.3) is 11.7 Å². The molecule has 2 aromatic heterocycles. The molecule has 4 heterocycles. The molecule has 0 bridgehead atoms. The second kappa shape index (κ2) is 13.3. The molecule has 9 heteroatoms. The number of unbranched alkanes of at least 4 members (excludes halogenated alkanes) is 3. The number of Topliss-reactive ketones (excluding diaryl/α,β-unsaturated/α-hetero) is 1. The molecular formula is C32H40N4O5. The number of pyridine rings is 1. The van der Waals surface area contributed by atoms with Gasteiger partial charge in [0.05, 0.1) is 37.1 Å². The number of morpholine rings is 1. The maximum Gasteiger partial charge on any atom is 0.295 e. The normalized spacial score (nSPS) is 19.4. The summed E-state index contributed by atoms with van der Waals surface area (Å²) < 4.78 is 13.1. The fourth-order valence-electron chi connectivity index (χ4n) is 5.74. The van der Waals surface area contributed by atoms with Crippen LogP contribution in [-0.4, -0.2) is 82.0 Å². The van der Waals surface area contributed by atoms with E-state index in [1.54, 1.807) is 22.4 Å². The summed E-state index contributed by atoms with van der Waals surface area (Å²) in [6, 6.07) is 12.4. The van der Waals surface area contributed by atoms with Crippen LogP contribution in [-0.2, 0) is 14.3 Å². The first-order valence-electron chi connectivity index (χ1n) is 14.7. The number of fused-ring (bicyclic) bond motifs is 1. The third-order valence-corrected chi connectivity index (χ3v) is 7.91. The fraction of sp³-hybridized carbons (Fsp3) is 0.469. The van der Waals surface area contributed by atoms with E-state index in [0.29, 0.717) is 49.8 Å². The van der Waals surface area contributed by atoms with Gasteiger partial charge in [-0.25, -0.2) is 4.98 Å². The first-order chi connectivity index (χ1) is 20.0. The highest BCUT2D eigenvalue weighted by Crippen LogP contribution is 2.40. The number of amides is 1. The van der Waals surface area contributed by atoms with Crippen LogP contribution in [0, 0.1) is 6.92 Å². The van der Waals surface area contributed by atoms with Crippen LogP contribution in [0.4, 0.5) is 0 Å². The quantitative estimate of drug-likeness (QED) is 0.148. The van der Waals surface area contributed by atoms with Crippen molar-refractivity contribution in [2.24, 2.45) is 0 Å². The van der Waals surface area contributed by atoms with Crippen LogP contribution in [0.2, 0.25) is 0 Å². The van der Waals surface area contributed by atoms with Crippen molar-refractivity contribution in [3.05, 3.63) is 71.2 Å². The van der Waals surface area contributed by atoms with Crippen LogP contribution in [0.3, 0.4) is 0 Å². The van der Waals surface area contributed by atoms with E-state index in [-0.39, 0.29) is 11.3 Å². The second-order valence-electron chi connectivity index (χ2n) is 10.8. The Labute approximate surface area is 241 Å². The summed E-state index contributed by atoms with van der Waals surface area (Å²) in [5, 5.41) is 11.7. The van der Waals surface area contributed by atoms with Gasteiger partial charge in [-0.15, -0.1) is 0 Å². The molecule has 0 spiro atoms. The molecule has 2 aliphatic heterocycles. The minimum absolute atomic E-state index is 0.0864. The Balaban J connectivity index is 1.45. The smallest absolute Gasteiger partial charge is 0.295 e. The van der Waals surface area contributed by atoms with Gasteiger partial charge in [0.2, 0.25) is 0 Å². The molecule has 41 heavy (non-hydrogen) atoms. The molecule has 3 aromatic rings. The van der Waals surface area contributed by atoms with Crippen LogP contribution in [0.25, 0.3) is 11.4 Å². The highest BCUT2D eigenvalue weighted by molar-refractivity contribution is 6.46. The lowest BCUT2D eigenvalue weighted by molar-refractivity contribution is -0.140. The Bertz CT molecular complexity index is 1390. The molecule has 0 radical (unpaired) electrons. The maximum absolute atomic E-state index is 13.6. The zero-order valence-corrected chi connectivity index (χ0v) is 24.1. The number of likely N-dealkylation sites (tertiary alicyclic amines) is 1. The van der Waals surface area contributed by atoms with Crippen LogP contribution >= 0.6 is 0 Å². The minimum Gasteiger partial charge on any atom is -0.505 e. The highest BCUT2D eigenvalue weighted by Gasteiger charge is 2.46. The summed E-state index contributed by atoms with van der Waals surface area (Å²) in [6.07, 6.45) is 7.00. The number of aryl methyl sites for hydroxylation is 1. The molecule has 9 nitrogen and oxygen atoms in total. The van der Waals surface area contributed by atoms with Gasteiger partial charge >= 0.3 is 0 Å². The SMILES string of the molecule is CCCCCCOc1ccc(C2C(=C(O)c3c(C)nc4ccccn34)C(=O)C(=O)N2CCCN2CCOCC2)cc1. The topological polar surface area (TPSA) is 96.6 Å². The Morgan fingerprint density at radius 1 is 1.02 bits per heavy atom. The molecular weight excluding hydrogens is 520 g/mol. The molecule has 2 aliphatic rings. The van der Waals surface area contributed by atoms with Crippen LogP contribution < -0.4 is 4.74 Å². The largest absolute Gasteiger partial charge is 0.505 e. The predicted octanol–water partition coefficient (Wildman–Crippen LogP) is 4.75. The van der Waals surface area contributed by atoms with Gasteiger partial charge in [0.1, 0.15) is 17.1 Å². The molecule has 2 saturated heterocycles. The fourth-order valence-corrected chi connectivity index (χ4v) is 5.74. The number of hydrogen-bond donors (Lipinski definition) is 1. The van der Waals surface area contributed by atoms with Crippen LogP contribution in [0.1, 0.15) is 62.0 Å². The summed E-state index contributed by atoms with van der Waals surface area (Å²) in [5.41, 5.74) is 2.50. The van der Waals surface area contributed by atoms with Gasteiger partial charge in [0.15, 0.2) is 5.76 Å². The van der Waals surface area contributed by atoms with Crippen molar-refractivity contribution in [1.82, 2.24) is 19.2 Å². The first kappa shape index (κ1) is 28.8. The van der Waals surface area contributed by atoms with E-state index in [1.807, 2.05) is 42.5 Å². The molecule has 1 amide bonds. The van der Waals surface area contributed by atoms with E-state index in [9.17, 15) is 14.7 Å². The Morgan fingerprint density at radius 3 is 2.56 bits per heavy atom. The Morgan fingerprint density at radius 2 is 1.80 bits per heavy atom. The molecule has 1 unspecified atom stereocenters. The van der Waals surface area contributed by atoms with Gasteiger partial charge in [0, 0.05) is 32.4 Å². The summed E-state index contributed by atoms with van der Waals surface area (Å²) in [7, 11) is 0. The number of aliphatic hydroxyl groups excluding tert-OH is 1. The van der Waals surface area contributed by atoms with Crippen molar-refractivity contribution < 1.29 is 24.2 Å². The van der Waals surface area contributed by atoms with Gasteiger partial charge in [-0.1, -0.05) is 44.4 Å². The third-order valence-electron chi connectivity index (χ3n) is 7.91. The lowest BCUT2D eigenvalue weighted by Gasteiger charge is -2.29. The standard InChI is InChI=1S/C32H40N4O5/c1-3-4-5-8-20-41-25-13-11-24(12-14-25)29-27(30(37)28-23(2)33-26-10-6-7-16-35(26)28)31(38)32(39)36(29)17-9-15-34-18-21-40-22-19-34/h6-7,10-14,16,29,37H,3-5,8-9,15,17-22H2,1-2H3. The van der Waals surface area contributed by atoms with Crippen molar-refractivity contribution >= 4 is 23.1 Å². The number of carbonyl (C=O) groups excluding carboxylic acids is 2. The summed E-state index contributed by atoms with van der Waals surface area (Å²) in [4.78, 5) is 35.5. The number of benzene rings is 1. The predicted molar refractivity (Wildman–Crippen MR) is 157 cm³/mol. The Kier molecular flexibility index (Phi) is 9.36. The van der Waals surface area contributed by atoms with E-state index in [4.69, 9.17) is 9.47 Å². The Hall–Kier alpha value is -3.69. The molecule has 2 fully saturated rings.